The Balaban J connectivity index is 1.74. The number of thiophene rings is 1. The number of carbonyl (C=O) groups is 4. The predicted octanol–water partition coefficient (Wildman–Crippen LogP) is 2.58. The van der Waals surface area contributed by atoms with Crippen molar-refractivity contribution >= 4 is 57.9 Å². The minimum Gasteiger partial charge on any atom is -0.370 e. The van der Waals surface area contributed by atoms with E-state index in [2.05, 4.69) is 16.0 Å². The number of nitrogens with zero attached hydrogens (tertiary/aromatic N) is 1. The summed E-state index contributed by atoms with van der Waals surface area (Å²) in [5, 5.41) is 7.27. The van der Waals surface area contributed by atoms with Crippen molar-refractivity contribution in [1.82, 2.24) is 10.6 Å². The summed E-state index contributed by atoms with van der Waals surface area (Å²) in [6.07, 6.45) is -2.95. The Labute approximate surface area is 202 Å². The molecular formula is C21H21ClF2N4O5S. The average Bonchev–Trinajstić information content (AvgIpc) is 3.23. The fourth-order valence-electron chi connectivity index (χ4n) is 3.20. The summed E-state index contributed by atoms with van der Waals surface area (Å²) in [6.45, 7) is 1.23. The molecule has 1 atom stereocenters. The SMILES string of the molecule is CC(=O)N[C@H](CNC(=O)c1ccc(Cl)s1)C(=O)Nc1ccc(N2CCOCC2=O)cc1C(F)F. The van der Waals surface area contributed by atoms with Crippen LogP contribution in [0.15, 0.2) is 30.3 Å². The second-order valence-electron chi connectivity index (χ2n) is 7.23. The molecule has 3 N–H and O–H groups in total. The van der Waals surface area contributed by atoms with Crippen LogP contribution in [0.1, 0.15) is 28.6 Å². The maximum absolute atomic E-state index is 13.8. The standard InChI is InChI=1S/C21H21ClF2N4O5S/c1-11(29)26-15(9-25-21(32)16-4-5-17(22)34-16)20(31)27-14-3-2-12(8-13(14)19(23)24)28-6-7-33-10-18(28)30/h2-5,8,15,19H,6-7,9-10H2,1H3,(H,25,32)(H,26,29)(H,27,31)/t15-/m1/s1. The van der Waals surface area contributed by atoms with E-state index >= 15 is 0 Å². The van der Waals surface area contributed by atoms with Gasteiger partial charge in [-0.15, -0.1) is 11.3 Å². The number of amides is 4. The largest absolute Gasteiger partial charge is 0.370 e. The second-order valence-corrected chi connectivity index (χ2v) is 8.94. The van der Waals surface area contributed by atoms with E-state index in [9.17, 15) is 28.0 Å². The van der Waals surface area contributed by atoms with Crippen molar-refractivity contribution in [1.29, 1.82) is 0 Å². The summed E-state index contributed by atoms with van der Waals surface area (Å²) in [5.41, 5.74) is -0.429. The Morgan fingerprint density at radius 3 is 2.62 bits per heavy atom. The molecule has 1 saturated heterocycles. The van der Waals surface area contributed by atoms with E-state index in [4.69, 9.17) is 16.3 Å². The van der Waals surface area contributed by atoms with Crippen LogP contribution in [0.2, 0.25) is 4.34 Å². The molecule has 0 bridgehead atoms. The first-order chi connectivity index (χ1) is 16.2. The molecule has 0 radical (unpaired) electrons. The predicted molar refractivity (Wildman–Crippen MR) is 122 cm³/mol. The topological polar surface area (TPSA) is 117 Å². The summed E-state index contributed by atoms with van der Waals surface area (Å²) >= 11 is 6.85. The number of alkyl halides is 2. The van der Waals surface area contributed by atoms with Gasteiger partial charge in [-0.2, -0.15) is 0 Å². The molecule has 0 aliphatic carbocycles. The fourth-order valence-corrected chi connectivity index (χ4v) is 4.16. The molecule has 1 aromatic heterocycles. The molecule has 34 heavy (non-hydrogen) atoms. The highest BCUT2D eigenvalue weighted by molar-refractivity contribution is 7.18. The van der Waals surface area contributed by atoms with Gasteiger partial charge in [-0.3, -0.25) is 19.2 Å². The quantitative estimate of drug-likeness (QED) is 0.500. The number of anilines is 2. The Hall–Kier alpha value is -3.09. The number of hydrogen-bond acceptors (Lipinski definition) is 6. The minimum atomic E-state index is -2.95. The molecule has 0 saturated carbocycles. The van der Waals surface area contributed by atoms with E-state index in [0.717, 1.165) is 17.4 Å². The highest BCUT2D eigenvalue weighted by atomic mass is 35.5. The van der Waals surface area contributed by atoms with Crippen molar-refractivity contribution in [3.8, 4) is 0 Å². The van der Waals surface area contributed by atoms with Gasteiger partial charge in [0.05, 0.1) is 15.8 Å². The van der Waals surface area contributed by atoms with E-state index < -0.39 is 35.8 Å². The minimum absolute atomic E-state index is 0.149. The molecule has 1 aliphatic heterocycles. The Kier molecular flexibility index (Phi) is 8.53. The molecule has 4 amide bonds. The number of morpholine rings is 1. The van der Waals surface area contributed by atoms with Crippen molar-refractivity contribution in [2.45, 2.75) is 19.4 Å². The molecule has 3 rings (SSSR count). The lowest BCUT2D eigenvalue weighted by atomic mass is 10.1. The normalized spacial score (nSPS) is 14.6. The maximum Gasteiger partial charge on any atom is 0.265 e. The van der Waals surface area contributed by atoms with Crippen LogP contribution in [0.4, 0.5) is 20.2 Å². The smallest absolute Gasteiger partial charge is 0.265 e. The van der Waals surface area contributed by atoms with Crippen LogP contribution >= 0.6 is 22.9 Å². The molecule has 2 aromatic rings. The Morgan fingerprint density at radius 1 is 1.24 bits per heavy atom. The van der Waals surface area contributed by atoms with Crippen LogP contribution in [-0.2, 0) is 19.1 Å². The van der Waals surface area contributed by atoms with Gasteiger partial charge in [-0.1, -0.05) is 11.6 Å². The van der Waals surface area contributed by atoms with Crippen LogP contribution < -0.4 is 20.9 Å². The molecule has 2 heterocycles. The van der Waals surface area contributed by atoms with Crippen molar-refractivity contribution in [3.05, 3.63) is 45.1 Å². The number of benzene rings is 1. The lowest BCUT2D eigenvalue weighted by Gasteiger charge is -2.27. The van der Waals surface area contributed by atoms with Gasteiger partial charge in [0.2, 0.25) is 11.8 Å². The molecule has 182 valence electrons. The summed E-state index contributed by atoms with van der Waals surface area (Å²) < 4.78 is 33.0. The first-order valence-corrected chi connectivity index (χ1v) is 11.3. The molecule has 1 aliphatic rings. The van der Waals surface area contributed by atoms with Gasteiger partial charge in [0.15, 0.2) is 0 Å². The van der Waals surface area contributed by atoms with Crippen molar-refractivity contribution in [3.63, 3.8) is 0 Å². The van der Waals surface area contributed by atoms with E-state index in [0.29, 0.717) is 9.21 Å². The lowest BCUT2D eigenvalue weighted by molar-refractivity contribution is -0.125. The van der Waals surface area contributed by atoms with E-state index in [-0.39, 0.29) is 43.6 Å². The third kappa shape index (κ3) is 6.49. The first-order valence-electron chi connectivity index (χ1n) is 10.1. The summed E-state index contributed by atoms with van der Waals surface area (Å²) in [7, 11) is 0. The Bertz CT molecular complexity index is 1100. The van der Waals surface area contributed by atoms with Crippen LogP contribution in [-0.4, -0.2) is 56.0 Å². The summed E-state index contributed by atoms with van der Waals surface area (Å²) in [5.74, 6) is -2.23. The monoisotopic (exact) mass is 514 g/mol. The fraction of sp³-hybridized carbons (Fsp3) is 0.333. The number of nitrogens with one attached hydrogen (secondary N) is 3. The number of carbonyl (C=O) groups excluding carboxylic acids is 4. The maximum atomic E-state index is 13.8. The molecule has 1 aromatic carbocycles. The van der Waals surface area contributed by atoms with Gasteiger partial charge >= 0.3 is 0 Å². The second kappa shape index (κ2) is 11.4. The highest BCUT2D eigenvalue weighted by Gasteiger charge is 2.26. The number of ether oxygens (including phenoxy) is 1. The first kappa shape index (κ1) is 25.5. The van der Waals surface area contributed by atoms with Crippen molar-refractivity contribution < 1.29 is 32.7 Å². The van der Waals surface area contributed by atoms with Crippen LogP contribution in [0.3, 0.4) is 0 Å². The van der Waals surface area contributed by atoms with Gasteiger partial charge in [0, 0.05) is 37.0 Å². The van der Waals surface area contributed by atoms with Gasteiger partial charge in [0.25, 0.3) is 18.2 Å². The van der Waals surface area contributed by atoms with E-state index in [1.165, 1.54) is 30.0 Å². The van der Waals surface area contributed by atoms with Crippen molar-refractivity contribution in [2.75, 3.05) is 36.5 Å². The van der Waals surface area contributed by atoms with Crippen LogP contribution in [0.5, 0.6) is 0 Å². The lowest BCUT2D eigenvalue weighted by Crippen LogP contribution is -2.50. The summed E-state index contributed by atoms with van der Waals surface area (Å²) in [4.78, 5) is 50.3. The number of halogens is 3. The van der Waals surface area contributed by atoms with Gasteiger partial charge in [-0.25, -0.2) is 8.78 Å². The molecule has 0 unspecified atom stereocenters. The van der Waals surface area contributed by atoms with Gasteiger partial charge in [-0.05, 0) is 30.3 Å². The molecule has 1 fully saturated rings. The number of hydrogen-bond donors (Lipinski definition) is 3. The third-order valence-corrected chi connectivity index (χ3v) is 6.01. The van der Waals surface area contributed by atoms with Gasteiger partial charge in [0.1, 0.15) is 12.6 Å². The van der Waals surface area contributed by atoms with E-state index in [1.54, 1.807) is 6.07 Å². The highest BCUT2D eigenvalue weighted by Crippen LogP contribution is 2.32. The molecular weight excluding hydrogens is 494 g/mol. The summed E-state index contributed by atoms with van der Waals surface area (Å²) in [6, 6.07) is 5.63. The molecule has 13 heteroatoms. The number of rotatable bonds is 8. The Morgan fingerprint density at radius 2 is 2.00 bits per heavy atom. The van der Waals surface area contributed by atoms with Gasteiger partial charge < -0.3 is 25.6 Å². The molecule has 9 nitrogen and oxygen atoms in total. The zero-order valence-electron chi connectivity index (χ0n) is 17.9. The average molecular weight is 515 g/mol. The zero-order valence-corrected chi connectivity index (χ0v) is 19.5. The molecule has 0 spiro atoms. The van der Waals surface area contributed by atoms with Crippen LogP contribution in [0.25, 0.3) is 0 Å². The van der Waals surface area contributed by atoms with E-state index in [1.807, 2.05) is 0 Å². The third-order valence-electron chi connectivity index (χ3n) is 4.78. The van der Waals surface area contributed by atoms with Crippen LogP contribution in [0, 0.1) is 0 Å². The zero-order chi connectivity index (χ0) is 24.8. The van der Waals surface area contributed by atoms with Crippen molar-refractivity contribution in [2.24, 2.45) is 0 Å².